The van der Waals surface area contributed by atoms with E-state index in [1.165, 1.54) is 0 Å². The molecule has 1 nitrogen and oxygen atoms in total. The first-order valence-electron chi connectivity index (χ1n) is 1.70. The van der Waals surface area contributed by atoms with Crippen molar-refractivity contribution in [1.82, 2.24) is 0 Å². The van der Waals surface area contributed by atoms with Crippen molar-refractivity contribution >= 4 is 0 Å². The molecular weight excluding hydrogens is 143 g/mol. The third kappa shape index (κ3) is 4.84. The third-order valence-electron chi connectivity index (χ3n) is 0.289. The summed E-state index contributed by atoms with van der Waals surface area (Å²) < 4.78 is 7.16. The van der Waals surface area contributed by atoms with E-state index in [-0.39, 0.29) is 23.7 Å². The van der Waals surface area contributed by atoms with Crippen LogP contribution in [-0.4, -0.2) is 6.61 Å². The first-order valence-corrected chi connectivity index (χ1v) is 5.16. The van der Waals surface area contributed by atoms with Crippen molar-refractivity contribution in [3.63, 3.8) is 0 Å². The first kappa shape index (κ1) is 5.84. The summed E-state index contributed by atoms with van der Waals surface area (Å²) in [6, 6.07) is 0. The van der Waals surface area contributed by atoms with Crippen molar-refractivity contribution in [3.8, 4) is 0 Å². The summed E-state index contributed by atoms with van der Waals surface area (Å²) in [5.74, 6) is 0. The van der Waals surface area contributed by atoms with Crippen LogP contribution in [0.3, 0.4) is 0 Å². The topological polar surface area (TPSA) is 9.23 Å². The zero-order valence-corrected chi connectivity index (χ0v) is 6.07. The predicted octanol–water partition coefficient (Wildman–Crippen LogP) is 1.07. The maximum absolute atomic E-state index is 5.00. The predicted molar refractivity (Wildman–Crippen MR) is 17.5 cm³/mol. The molecule has 0 heterocycles. The molecule has 2 heteroatoms. The van der Waals surface area contributed by atoms with E-state index < -0.39 is 0 Å². The minimum atomic E-state index is -0.294. The van der Waals surface area contributed by atoms with Crippen molar-refractivity contribution in [3.05, 3.63) is 0 Å². The van der Waals surface area contributed by atoms with Crippen molar-refractivity contribution in [1.29, 1.82) is 0 Å². The molecule has 0 aliphatic carbocycles. The minimum absolute atomic E-state index is 0.294. The molecular formula is C3H8OZr. The Morgan fingerprint density at radius 3 is 2.40 bits per heavy atom. The van der Waals surface area contributed by atoms with E-state index in [2.05, 4.69) is 4.63 Å². The number of rotatable bonds is 2. The molecule has 0 unspecified atom stereocenters. The molecule has 0 spiro atoms. The molecule has 0 saturated heterocycles. The summed E-state index contributed by atoms with van der Waals surface area (Å²) >= 11 is -0.294. The van der Waals surface area contributed by atoms with E-state index in [1.807, 2.05) is 6.92 Å². The van der Waals surface area contributed by atoms with Crippen LogP contribution in [0.25, 0.3) is 0 Å². The molecule has 0 saturated carbocycles. The van der Waals surface area contributed by atoms with Gasteiger partial charge in [0.1, 0.15) is 0 Å². The Hall–Kier alpha value is 0.843. The fourth-order valence-electron chi connectivity index (χ4n) is 0.144. The molecule has 0 N–H and O–H groups in total. The fraction of sp³-hybridized carbons (Fsp3) is 1.00. The second-order valence-electron chi connectivity index (χ2n) is 0.637. The van der Waals surface area contributed by atoms with Crippen LogP contribution < -0.4 is 0 Å². The zero-order chi connectivity index (χ0) is 4.12. The molecule has 0 radical (unpaired) electrons. The SMILES string of the molecule is CC[O][Zr][CH3]. The molecule has 0 aromatic carbocycles. The molecule has 0 bridgehead atoms. The van der Waals surface area contributed by atoms with Gasteiger partial charge >= 0.3 is 44.7 Å². The van der Waals surface area contributed by atoms with E-state index in [0.29, 0.717) is 0 Å². The van der Waals surface area contributed by atoms with Gasteiger partial charge in [0, 0.05) is 0 Å². The van der Waals surface area contributed by atoms with E-state index in [1.54, 1.807) is 0 Å². The Morgan fingerprint density at radius 2 is 2.40 bits per heavy atom. The van der Waals surface area contributed by atoms with Crippen molar-refractivity contribution in [2.45, 2.75) is 11.6 Å². The van der Waals surface area contributed by atoms with E-state index >= 15 is 0 Å². The Balaban J connectivity index is 2.19. The maximum atomic E-state index is 5.00. The summed E-state index contributed by atoms with van der Waals surface area (Å²) in [4.78, 5) is 0. The number of hydrogen-bond acceptors (Lipinski definition) is 1. The fourth-order valence-corrected chi connectivity index (χ4v) is 0.854. The van der Waals surface area contributed by atoms with Gasteiger partial charge in [0.05, 0.1) is 0 Å². The average molecular weight is 151 g/mol. The van der Waals surface area contributed by atoms with Gasteiger partial charge < -0.3 is 0 Å². The van der Waals surface area contributed by atoms with E-state index in [4.69, 9.17) is 2.81 Å². The van der Waals surface area contributed by atoms with Crippen LogP contribution in [-0.2, 0) is 26.5 Å². The van der Waals surface area contributed by atoms with Crippen LogP contribution in [0.4, 0.5) is 0 Å². The van der Waals surface area contributed by atoms with Crippen LogP contribution >= 0.6 is 0 Å². The van der Waals surface area contributed by atoms with Gasteiger partial charge in [-0.2, -0.15) is 0 Å². The number of hydrogen-bond donors (Lipinski definition) is 0. The van der Waals surface area contributed by atoms with Gasteiger partial charge in [-0.15, -0.1) is 0 Å². The molecule has 0 amide bonds. The summed E-state index contributed by atoms with van der Waals surface area (Å²) in [6.45, 7) is 2.95. The van der Waals surface area contributed by atoms with Gasteiger partial charge in [0.15, 0.2) is 0 Å². The second-order valence-corrected chi connectivity index (χ2v) is 2.35. The van der Waals surface area contributed by atoms with Gasteiger partial charge in [-0.1, -0.05) is 0 Å². The Labute approximate surface area is 44.9 Å². The zero-order valence-electron chi connectivity index (χ0n) is 3.62. The van der Waals surface area contributed by atoms with Crippen molar-refractivity contribution < 1.29 is 26.5 Å². The molecule has 0 atom stereocenters. The summed E-state index contributed by atoms with van der Waals surface area (Å²) in [5.41, 5.74) is 0. The first-order chi connectivity index (χ1) is 2.41. The average Bonchev–Trinajstić information content (AvgIpc) is 1.41. The van der Waals surface area contributed by atoms with Crippen LogP contribution in [0, 0.1) is 0 Å². The monoisotopic (exact) mass is 150 g/mol. The molecule has 0 aromatic rings. The molecule has 30 valence electrons. The van der Waals surface area contributed by atoms with Crippen LogP contribution in [0.1, 0.15) is 6.92 Å². The summed E-state index contributed by atoms with van der Waals surface area (Å²) in [7, 11) is 0. The second kappa shape index (κ2) is 4.84. The Morgan fingerprint density at radius 1 is 1.80 bits per heavy atom. The Kier molecular flexibility index (Phi) is 5.66. The van der Waals surface area contributed by atoms with Gasteiger partial charge in [-0.05, 0) is 0 Å². The molecule has 0 fully saturated rings. The summed E-state index contributed by atoms with van der Waals surface area (Å²) in [5, 5.41) is 0. The summed E-state index contributed by atoms with van der Waals surface area (Å²) in [6.07, 6.45) is 0. The quantitative estimate of drug-likeness (QED) is 0.573. The Bertz CT molecular complexity index is 14.4. The van der Waals surface area contributed by atoms with E-state index in [0.717, 1.165) is 6.61 Å². The molecule has 0 aromatic heterocycles. The normalized spacial score (nSPS) is 7.60. The molecule has 0 rings (SSSR count). The van der Waals surface area contributed by atoms with E-state index in [9.17, 15) is 0 Å². The third-order valence-corrected chi connectivity index (χ3v) is 1.71. The van der Waals surface area contributed by atoms with Crippen LogP contribution in [0.5, 0.6) is 0 Å². The molecule has 0 aliphatic rings. The van der Waals surface area contributed by atoms with Gasteiger partial charge in [0.2, 0.25) is 0 Å². The van der Waals surface area contributed by atoms with Gasteiger partial charge in [0.25, 0.3) is 0 Å². The van der Waals surface area contributed by atoms with Crippen molar-refractivity contribution in [2.75, 3.05) is 6.61 Å². The molecule has 0 aliphatic heterocycles. The molecule has 5 heavy (non-hydrogen) atoms. The van der Waals surface area contributed by atoms with Gasteiger partial charge in [-0.25, -0.2) is 0 Å². The standard InChI is InChI=1S/C2H5O.CH3.Zr/c1-2-3;;/h2H2,1H3;1H3;/q-1;;+1. The van der Waals surface area contributed by atoms with Crippen LogP contribution in [0.2, 0.25) is 4.63 Å². The van der Waals surface area contributed by atoms with Crippen LogP contribution in [0.15, 0.2) is 0 Å². The van der Waals surface area contributed by atoms with Gasteiger partial charge in [-0.3, -0.25) is 0 Å². The van der Waals surface area contributed by atoms with Crippen molar-refractivity contribution in [2.24, 2.45) is 0 Å².